The summed E-state index contributed by atoms with van der Waals surface area (Å²) in [6, 6.07) is 8.05. The van der Waals surface area contributed by atoms with Crippen LogP contribution in [0.1, 0.15) is 31.1 Å². The summed E-state index contributed by atoms with van der Waals surface area (Å²) in [7, 11) is 3.65. The number of nitrogens with one attached hydrogen (secondary N) is 1. The number of hydrogen-bond donors (Lipinski definition) is 2. The number of esters is 3. The summed E-state index contributed by atoms with van der Waals surface area (Å²) < 4.78 is 19.0. The normalized spacial score (nSPS) is 9.97. The van der Waals surface area contributed by atoms with E-state index in [4.69, 9.17) is 9.47 Å². The highest BCUT2D eigenvalue weighted by molar-refractivity contribution is 6.00. The molecule has 1 amide bonds. The predicted molar refractivity (Wildman–Crippen MR) is 103 cm³/mol. The summed E-state index contributed by atoms with van der Waals surface area (Å²) in [6.07, 6.45) is 0. The predicted octanol–water partition coefficient (Wildman–Crippen LogP) is 1.77. The number of amides is 1. The molecule has 0 fully saturated rings. The lowest BCUT2D eigenvalue weighted by atomic mass is 10.1. The number of methoxy groups -OCH3 is 3. The van der Waals surface area contributed by atoms with Gasteiger partial charge in [-0.3, -0.25) is 4.79 Å². The van der Waals surface area contributed by atoms with Gasteiger partial charge in [-0.1, -0.05) is 6.07 Å². The topological polar surface area (TPSA) is 137 Å². The van der Waals surface area contributed by atoms with Crippen LogP contribution in [-0.2, 0) is 19.0 Å². The highest BCUT2D eigenvalue weighted by atomic mass is 16.5. The zero-order valence-electron chi connectivity index (χ0n) is 16.4. The molecule has 2 aromatic carbocycles. The lowest BCUT2D eigenvalue weighted by molar-refractivity contribution is -0.119. The Labute approximate surface area is 171 Å². The Morgan fingerprint density at radius 2 is 1.50 bits per heavy atom. The van der Waals surface area contributed by atoms with Crippen molar-refractivity contribution >= 4 is 29.5 Å². The third kappa shape index (κ3) is 5.25. The molecule has 0 unspecified atom stereocenters. The molecule has 0 aliphatic carbocycles. The van der Waals surface area contributed by atoms with Crippen molar-refractivity contribution in [1.29, 1.82) is 0 Å². The summed E-state index contributed by atoms with van der Waals surface area (Å²) in [5.41, 5.74) is -0.0746. The first kappa shape index (κ1) is 22.2. The maximum absolute atomic E-state index is 12.1. The molecule has 10 heteroatoms. The molecule has 0 heterocycles. The number of anilines is 1. The van der Waals surface area contributed by atoms with Crippen molar-refractivity contribution < 1.29 is 43.2 Å². The standard InChI is InChI=1S/C20H19NO9/c1-27-15-6-4-5-14(17(15)23)20(26)30-10-16(22)21-13-8-11(18(24)28-2)7-12(9-13)19(25)29-3/h4-9,23H,10H2,1-3H3,(H,21,22). The van der Waals surface area contributed by atoms with Crippen molar-refractivity contribution in [3.05, 3.63) is 53.1 Å². The number of ether oxygens (including phenoxy) is 4. The molecule has 0 aromatic heterocycles. The van der Waals surface area contributed by atoms with Crippen LogP contribution in [0.25, 0.3) is 0 Å². The number of hydrogen-bond acceptors (Lipinski definition) is 9. The molecule has 0 atom stereocenters. The lowest BCUT2D eigenvalue weighted by Crippen LogP contribution is -2.21. The fraction of sp³-hybridized carbons (Fsp3) is 0.200. The summed E-state index contributed by atoms with van der Waals surface area (Å²) in [5.74, 6) is -3.49. The van der Waals surface area contributed by atoms with Crippen molar-refractivity contribution in [3.8, 4) is 11.5 Å². The van der Waals surface area contributed by atoms with Crippen LogP contribution in [0.15, 0.2) is 36.4 Å². The Balaban J connectivity index is 2.11. The SMILES string of the molecule is COC(=O)c1cc(NC(=O)COC(=O)c2cccc(OC)c2O)cc(C(=O)OC)c1. The van der Waals surface area contributed by atoms with Crippen LogP contribution in [0.4, 0.5) is 5.69 Å². The second kappa shape index (κ2) is 9.92. The third-order valence-electron chi connectivity index (χ3n) is 3.83. The minimum Gasteiger partial charge on any atom is -0.504 e. The second-order valence-corrected chi connectivity index (χ2v) is 5.76. The maximum Gasteiger partial charge on any atom is 0.342 e. The largest absolute Gasteiger partial charge is 0.504 e. The first-order chi connectivity index (χ1) is 14.3. The van der Waals surface area contributed by atoms with E-state index < -0.39 is 36.2 Å². The van der Waals surface area contributed by atoms with E-state index in [9.17, 15) is 24.3 Å². The number of carbonyl (C=O) groups is 4. The van der Waals surface area contributed by atoms with Gasteiger partial charge in [-0.05, 0) is 30.3 Å². The molecule has 158 valence electrons. The van der Waals surface area contributed by atoms with E-state index in [0.717, 1.165) is 0 Å². The molecule has 10 nitrogen and oxygen atoms in total. The average molecular weight is 417 g/mol. The summed E-state index contributed by atoms with van der Waals surface area (Å²) in [5, 5.41) is 12.4. The van der Waals surface area contributed by atoms with Gasteiger partial charge in [0.2, 0.25) is 0 Å². The molecular weight excluding hydrogens is 398 g/mol. The van der Waals surface area contributed by atoms with Crippen molar-refractivity contribution in [2.75, 3.05) is 33.3 Å². The van der Waals surface area contributed by atoms with Crippen LogP contribution in [0.3, 0.4) is 0 Å². The van der Waals surface area contributed by atoms with E-state index in [1.165, 1.54) is 57.7 Å². The molecule has 0 saturated heterocycles. The quantitative estimate of drug-likeness (QED) is 0.510. The number of benzene rings is 2. The first-order valence-corrected chi connectivity index (χ1v) is 8.45. The number of rotatable bonds is 7. The van der Waals surface area contributed by atoms with Crippen LogP contribution < -0.4 is 10.1 Å². The van der Waals surface area contributed by atoms with Gasteiger partial charge in [0.15, 0.2) is 18.1 Å². The van der Waals surface area contributed by atoms with Crippen LogP contribution in [-0.4, -0.2) is 56.9 Å². The number of para-hydroxylation sites is 1. The first-order valence-electron chi connectivity index (χ1n) is 8.45. The average Bonchev–Trinajstić information content (AvgIpc) is 2.76. The Bertz CT molecular complexity index is 950. The Morgan fingerprint density at radius 3 is 2.03 bits per heavy atom. The van der Waals surface area contributed by atoms with Gasteiger partial charge in [0.05, 0.1) is 32.5 Å². The molecule has 2 rings (SSSR count). The molecule has 0 radical (unpaired) electrons. The zero-order chi connectivity index (χ0) is 22.3. The third-order valence-corrected chi connectivity index (χ3v) is 3.83. The lowest BCUT2D eigenvalue weighted by Gasteiger charge is -2.11. The molecule has 0 aliphatic rings. The van der Waals surface area contributed by atoms with Gasteiger partial charge in [-0.25, -0.2) is 14.4 Å². The van der Waals surface area contributed by atoms with E-state index in [2.05, 4.69) is 14.8 Å². The van der Waals surface area contributed by atoms with Gasteiger partial charge in [-0.2, -0.15) is 0 Å². The number of phenolic OH excluding ortho intramolecular Hbond substituents is 1. The Morgan fingerprint density at radius 1 is 0.900 bits per heavy atom. The molecule has 0 spiro atoms. The minimum atomic E-state index is -0.944. The second-order valence-electron chi connectivity index (χ2n) is 5.76. The fourth-order valence-electron chi connectivity index (χ4n) is 2.43. The van der Waals surface area contributed by atoms with Crippen molar-refractivity contribution in [3.63, 3.8) is 0 Å². The summed E-state index contributed by atoms with van der Waals surface area (Å²) >= 11 is 0. The zero-order valence-corrected chi connectivity index (χ0v) is 16.4. The summed E-state index contributed by atoms with van der Waals surface area (Å²) in [6.45, 7) is -0.689. The van der Waals surface area contributed by atoms with Gasteiger partial charge in [0.25, 0.3) is 5.91 Å². The van der Waals surface area contributed by atoms with Crippen LogP contribution in [0.2, 0.25) is 0 Å². The van der Waals surface area contributed by atoms with E-state index >= 15 is 0 Å². The van der Waals surface area contributed by atoms with E-state index in [1.807, 2.05) is 0 Å². The van der Waals surface area contributed by atoms with Gasteiger partial charge in [0, 0.05) is 5.69 Å². The van der Waals surface area contributed by atoms with Crippen molar-refractivity contribution in [2.24, 2.45) is 0 Å². The van der Waals surface area contributed by atoms with Crippen molar-refractivity contribution in [1.82, 2.24) is 0 Å². The van der Waals surface area contributed by atoms with Crippen LogP contribution >= 0.6 is 0 Å². The molecule has 30 heavy (non-hydrogen) atoms. The van der Waals surface area contributed by atoms with E-state index in [0.29, 0.717) is 0 Å². The fourth-order valence-corrected chi connectivity index (χ4v) is 2.43. The van der Waals surface area contributed by atoms with Gasteiger partial charge in [0.1, 0.15) is 5.56 Å². The number of carbonyl (C=O) groups excluding carboxylic acids is 4. The smallest absolute Gasteiger partial charge is 0.342 e. The Hall–Kier alpha value is -4.08. The van der Waals surface area contributed by atoms with Gasteiger partial charge in [-0.15, -0.1) is 0 Å². The monoisotopic (exact) mass is 417 g/mol. The van der Waals surface area contributed by atoms with Crippen LogP contribution in [0.5, 0.6) is 11.5 Å². The van der Waals surface area contributed by atoms with Gasteiger partial charge < -0.3 is 29.4 Å². The number of aromatic hydroxyl groups is 1. The minimum absolute atomic E-state index is 0.00833. The van der Waals surface area contributed by atoms with E-state index in [1.54, 1.807) is 0 Å². The molecule has 2 aromatic rings. The van der Waals surface area contributed by atoms with Crippen molar-refractivity contribution in [2.45, 2.75) is 0 Å². The highest BCUT2D eigenvalue weighted by Crippen LogP contribution is 2.29. The molecular formula is C20H19NO9. The Kier molecular flexibility index (Phi) is 7.34. The highest BCUT2D eigenvalue weighted by Gasteiger charge is 2.18. The number of phenols is 1. The molecule has 2 N–H and O–H groups in total. The van der Waals surface area contributed by atoms with E-state index in [-0.39, 0.29) is 28.1 Å². The van der Waals surface area contributed by atoms with Gasteiger partial charge >= 0.3 is 17.9 Å². The maximum atomic E-state index is 12.1. The van der Waals surface area contributed by atoms with Crippen LogP contribution in [0, 0.1) is 0 Å². The molecule has 0 aliphatic heterocycles. The summed E-state index contributed by atoms with van der Waals surface area (Å²) in [4.78, 5) is 47.8. The molecule has 0 saturated carbocycles. The molecule has 0 bridgehead atoms.